The van der Waals surface area contributed by atoms with Gasteiger partial charge in [0, 0.05) is 25.7 Å². The van der Waals surface area contributed by atoms with E-state index in [4.69, 9.17) is 10.5 Å². The standard InChI is InChI=1S/C15H34N2O/c1-7-13(2)17(10-11-18-6)9-8-14(16)12-15(3,4)5/h13-14H,7-12,16H2,1-6H3. The molecule has 3 heteroatoms. The maximum atomic E-state index is 6.22. The van der Waals surface area contributed by atoms with Gasteiger partial charge in [0.25, 0.3) is 0 Å². The Morgan fingerprint density at radius 1 is 1.22 bits per heavy atom. The van der Waals surface area contributed by atoms with Crippen molar-refractivity contribution in [2.45, 2.75) is 66.0 Å². The van der Waals surface area contributed by atoms with Crippen LogP contribution < -0.4 is 5.73 Å². The zero-order valence-corrected chi connectivity index (χ0v) is 13.3. The highest BCUT2D eigenvalue weighted by Gasteiger charge is 2.18. The third-order valence-electron chi connectivity index (χ3n) is 3.46. The minimum Gasteiger partial charge on any atom is -0.383 e. The first-order valence-corrected chi connectivity index (χ1v) is 7.28. The lowest BCUT2D eigenvalue weighted by molar-refractivity contribution is 0.119. The van der Waals surface area contributed by atoms with Gasteiger partial charge < -0.3 is 10.5 Å². The molecule has 2 N–H and O–H groups in total. The highest BCUT2D eigenvalue weighted by molar-refractivity contribution is 4.74. The maximum absolute atomic E-state index is 6.22. The van der Waals surface area contributed by atoms with Crippen LogP contribution in [0.5, 0.6) is 0 Å². The molecule has 0 heterocycles. The van der Waals surface area contributed by atoms with Crippen molar-refractivity contribution in [3.8, 4) is 0 Å². The van der Waals surface area contributed by atoms with E-state index < -0.39 is 0 Å². The van der Waals surface area contributed by atoms with Crippen LogP contribution in [0.3, 0.4) is 0 Å². The Morgan fingerprint density at radius 3 is 2.28 bits per heavy atom. The summed E-state index contributed by atoms with van der Waals surface area (Å²) < 4.78 is 5.18. The Labute approximate surface area is 114 Å². The fraction of sp³-hybridized carbons (Fsp3) is 1.00. The normalized spacial score (nSPS) is 16.0. The fourth-order valence-corrected chi connectivity index (χ4v) is 2.24. The fourth-order valence-electron chi connectivity index (χ4n) is 2.24. The minimum atomic E-state index is 0.305. The summed E-state index contributed by atoms with van der Waals surface area (Å²) in [5.74, 6) is 0. The molecule has 0 aliphatic rings. The minimum absolute atomic E-state index is 0.305. The topological polar surface area (TPSA) is 38.5 Å². The molecule has 0 fully saturated rings. The smallest absolute Gasteiger partial charge is 0.0589 e. The van der Waals surface area contributed by atoms with Crippen molar-refractivity contribution in [2.24, 2.45) is 11.1 Å². The van der Waals surface area contributed by atoms with Crippen molar-refractivity contribution >= 4 is 0 Å². The predicted octanol–water partition coefficient (Wildman–Crippen LogP) is 2.89. The van der Waals surface area contributed by atoms with Crippen LogP contribution in [0.15, 0.2) is 0 Å². The third kappa shape index (κ3) is 8.90. The molecule has 0 saturated carbocycles. The summed E-state index contributed by atoms with van der Waals surface area (Å²) in [5, 5.41) is 0. The Balaban J connectivity index is 4.08. The van der Waals surface area contributed by atoms with Gasteiger partial charge in [-0.05, 0) is 38.1 Å². The van der Waals surface area contributed by atoms with E-state index in [1.54, 1.807) is 7.11 Å². The molecule has 0 spiro atoms. The molecule has 0 aromatic rings. The average molecular weight is 258 g/mol. The summed E-state index contributed by atoms with van der Waals surface area (Å²) in [6.07, 6.45) is 3.34. The zero-order chi connectivity index (χ0) is 14.2. The molecule has 3 nitrogen and oxygen atoms in total. The number of nitrogens with two attached hydrogens (primary N) is 1. The average Bonchev–Trinajstić information content (AvgIpc) is 2.26. The largest absolute Gasteiger partial charge is 0.383 e. The molecule has 2 unspecified atom stereocenters. The van der Waals surface area contributed by atoms with Gasteiger partial charge in [-0.1, -0.05) is 27.7 Å². The van der Waals surface area contributed by atoms with Crippen molar-refractivity contribution in [1.29, 1.82) is 0 Å². The molecule has 110 valence electrons. The number of methoxy groups -OCH3 is 1. The van der Waals surface area contributed by atoms with Crippen molar-refractivity contribution in [3.63, 3.8) is 0 Å². The molecule has 0 aliphatic heterocycles. The lowest BCUT2D eigenvalue weighted by Crippen LogP contribution is -2.39. The Morgan fingerprint density at radius 2 is 1.83 bits per heavy atom. The summed E-state index contributed by atoms with van der Waals surface area (Å²) in [5.41, 5.74) is 6.55. The molecule has 0 radical (unpaired) electrons. The predicted molar refractivity (Wildman–Crippen MR) is 79.9 cm³/mol. The molecular formula is C15H34N2O. The Bertz CT molecular complexity index is 201. The van der Waals surface area contributed by atoms with Crippen LogP contribution in [-0.2, 0) is 4.74 Å². The van der Waals surface area contributed by atoms with E-state index in [2.05, 4.69) is 39.5 Å². The Hall–Kier alpha value is -0.120. The van der Waals surface area contributed by atoms with E-state index in [1.165, 1.54) is 6.42 Å². The number of nitrogens with zero attached hydrogens (tertiary/aromatic N) is 1. The van der Waals surface area contributed by atoms with Gasteiger partial charge in [0.1, 0.15) is 0 Å². The van der Waals surface area contributed by atoms with E-state index in [-0.39, 0.29) is 0 Å². The van der Waals surface area contributed by atoms with Crippen LogP contribution in [0, 0.1) is 5.41 Å². The molecular weight excluding hydrogens is 224 g/mol. The number of hydrogen-bond acceptors (Lipinski definition) is 3. The first-order chi connectivity index (χ1) is 8.30. The summed E-state index contributed by atoms with van der Waals surface area (Å²) in [6, 6.07) is 0.918. The second-order valence-corrected chi connectivity index (χ2v) is 6.60. The van der Waals surface area contributed by atoms with E-state index in [1.807, 2.05) is 0 Å². The lowest BCUT2D eigenvalue weighted by atomic mass is 9.87. The highest BCUT2D eigenvalue weighted by Crippen LogP contribution is 2.21. The van der Waals surface area contributed by atoms with Crippen LogP contribution in [0.2, 0.25) is 0 Å². The second-order valence-electron chi connectivity index (χ2n) is 6.60. The van der Waals surface area contributed by atoms with Crippen molar-refractivity contribution in [2.75, 3.05) is 26.8 Å². The van der Waals surface area contributed by atoms with Gasteiger partial charge in [-0.2, -0.15) is 0 Å². The van der Waals surface area contributed by atoms with E-state index >= 15 is 0 Å². The molecule has 0 saturated heterocycles. The van der Waals surface area contributed by atoms with E-state index in [0.29, 0.717) is 17.5 Å². The highest BCUT2D eigenvalue weighted by atomic mass is 16.5. The molecule has 0 aromatic carbocycles. The van der Waals surface area contributed by atoms with Gasteiger partial charge in [0.15, 0.2) is 0 Å². The molecule has 0 aromatic heterocycles. The molecule has 18 heavy (non-hydrogen) atoms. The maximum Gasteiger partial charge on any atom is 0.0589 e. The van der Waals surface area contributed by atoms with Gasteiger partial charge in [0.2, 0.25) is 0 Å². The van der Waals surface area contributed by atoms with Gasteiger partial charge in [-0.3, -0.25) is 4.90 Å². The van der Waals surface area contributed by atoms with Crippen LogP contribution in [-0.4, -0.2) is 43.8 Å². The lowest BCUT2D eigenvalue weighted by Gasteiger charge is -2.30. The summed E-state index contributed by atoms with van der Waals surface area (Å²) in [6.45, 7) is 14.2. The third-order valence-corrected chi connectivity index (χ3v) is 3.46. The monoisotopic (exact) mass is 258 g/mol. The van der Waals surface area contributed by atoms with Crippen molar-refractivity contribution in [3.05, 3.63) is 0 Å². The van der Waals surface area contributed by atoms with Crippen molar-refractivity contribution < 1.29 is 4.74 Å². The first-order valence-electron chi connectivity index (χ1n) is 7.28. The van der Waals surface area contributed by atoms with E-state index in [0.717, 1.165) is 32.5 Å². The van der Waals surface area contributed by atoms with Gasteiger partial charge >= 0.3 is 0 Å². The quantitative estimate of drug-likeness (QED) is 0.691. The number of rotatable bonds is 9. The van der Waals surface area contributed by atoms with Crippen LogP contribution >= 0.6 is 0 Å². The summed E-state index contributed by atoms with van der Waals surface area (Å²) in [7, 11) is 1.76. The van der Waals surface area contributed by atoms with Gasteiger partial charge in [0.05, 0.1) is 6.61 Å². The Kier molecular flexibility index (Phi) is 8.83. The molecule has 0 rings (SSSR count). The summed E-state index contributed by atoms with van der Waals surface area (Å²) >= 11 is 0. The SMILES string of the molecule is CCC(C)N(CCOC)CCC(N)CC(C)(C)C. The molecule has 0 aliphatic carbocycles. The second kappa shape index (κ2) is 8.89. The molecule has 0 bridgehead atoms. The van der Waals surface area contributed by atoms with Crippen LogP contribution in [0.1, 0.15) is 53.9 Å². The molecule has 2 atom stereocenters. The van der Waals surface area contributed by atoms with Crippen LogP contribution in [0.25, 0.3) is 0 Å². The van der Waals surface area contributed by atoms with Gasteiger partial charge in [-0.25, -0.2) is 0 Å². The summed E-state index contributed by atoms with van der Waals surface area (Å²) in [4.78, 5) is 2.49. The van der Waals surface area contributed by atoms with Gasteiger partial charge in [-0.15, -0.1) is 0 Å². The molecule has 0 amide bonds. The number of ether oxygens (including phenoxy) is 1. The first kappa shape index (κ1) is 17.9. The van der Waals surface area contributed by atoms with Crippen molar-refractivity contribution in [1.82, 2.24) is 4.90 Å². The van der Waals surface area contributed by atoms with E-state index in [9.17, 15) is 0 Å². The number of hydrogen-bond donors (Lipinski definition) is 1. The zero-order valence-electron chi connectivity index (χ0n) is 13.3. The van der Waals surface area contributed by atoms with Crippen LogP contribution in [0.4, 0.5) is 0 Å².